The molecule has 3 rings (SSSR count). The van der Waals surface area contributed by atoms with Crippen LogP contribution >= 0.6 is 11.6 Å². The number of aliphatic imine (C=N–C) groups is 1. The van der Waals surface area contributed by atoms with E-state index in [9.17, 15) is 5.21 Å². The minimum Gasteiger partial charge on any atom is -1.00 e. The second kappa shape index (κ2) is 6.92. The SMILES string of the molecule is CN=C1CN(O)C(c2ccccc2)=c2cc(Cl)ccc2=N1.[Cl-]. The Labute approximate surface area is 139 Å². The molecule has 4 nitrogen and oxygen atoms in total. The quantitative estimate of drug-likeness (QED) is 0.716. The van der Waals surface area contributed by atoms with Crippen LogP contribution in [0.4, 0.5) is 0 Å². The second-order valence-corrected chi connectivity index (χ2v) is 5.12. The standard InChI is InChI=1S/C16H14ClN3O.ClH/c1-18-15-10-20(21)16(11-5-3-2-4-6-11)13-9-12(17)7-8-14(13)19-15;/h2-9,21H,10H2,1H3;1H/p-1. The molecule has 2 aromatic carbocycles. The van der Waals surface area contributed by atoms with Gasteiger partial charge in [0.05, 0.1) is 11.1 Å². The summed E-state index contributed by atoms with van der Waals surface area (Å²) in [4.78, 5) is 8.60. The molecule has 0 saturated heterocycles. The molecule has 0 aliphatic carbocycles. The molecule has 1 aliphatic rings. The van der Waals surface area contributed by atoms with Crippen molar-refractivity contribution in [1.29, 1.82) is 0 Å². The minimum absolute atomic E-state index is 0. The lowest BCUT2D eigenvalue weighted by Gasteiger charge is -2.19. The Morgan fingerprint density at radius 2 is 1.91 bits per heavy atom. The Kier molecular flexibility index (Phi) is 5.19. The van der Waals surface area contributed by atoms with Gasteiger partial charge in [0.15, 0.2) is 0 Å². The normalized spacial score (nSPS) is 15.7. The molecule has 114 valence electrons. The molecule has 0 bridgehead atoms. The third-order valence-electron chi connectivity index (χ3n) is 3.32. The summed E-state index contributed by atoms with van der Waals surface area (Å²) in [6.45, 7) is 0.229. The fraction of sp³-hybridized carbons (Fsp3) is 0.125. The molecule has 0 aromatic heterocycles. The van der Waals surface area contributed by atoms with Gasteiger partial charge in [0.1, 0.15) is 12.4 Å². The number of hydrogen-bond donors (Lipinski definition) is 1. The van der Waals surface area contributed by atoms with Crippen molar-refractivity contribution < 1.29 is 17.6 Å². The first-order chi connectivity index (χ1) is 10.2. The smallest absolute Gasteiger partial charge is 0.145 e. The van der Waals surface area contributed by atoms with Crippen LogP contribution in [0.1, 0.15) is 5.56 Å². The average molecular weight is 335 g/mol. The fourth-order valence-corrected chi connectivity index (χ4v) is 2.52. The summed E-state index contributed by atoms with van der Waals surface area (Å²) in [5, 5.41) is 13.8. The van der Waals surface area contributed by atoms with Crippen LogP contribution in [0.15, 0.2) is 58.5 Å². The third-order valence-corrected chi connectivity index (χ3v) is 3.55. The summed E-state index contributed by atoms with van der Waals surface area (Å²) in [5.41, 5.74) is 1.58. The van der Waals surface area contributed by atoms with Gasteiger partial charge in [-0.25, -0.2) is 10.1 Å². The van der Waals surface area contributed by atoms with Crippen LogP contribution in [-0.4, -0.2) is 29.7 Å². The zero-order valence-electron chi connectivity index (χ0n) is 11.9. The van der Waals surface area contributed by atoms with Crippen molar-refractivity contribution in [2.24, 2.45) is 9.98 Å². The Balaban J connectivity index is 0.00000176. The van der Waals surface area contributed by atoms with Gasteiger partial charge in [-0.15, -0.1) is 0 Å². The van der Waals surface area contributed by atoms with E-state index in [1.807, 2.05) is 42.5 Å². The van der Waals surface area contributed by atoms with Crippen LogP contribution in [0, 0.1) is 0 Å². The number of rotatable bonds is 1. The number of nitrogens with zero attached hydrogens (tertiary/aromatic N) is 3. The molecule has 0 radical (unpaired) electrons. The summed E-state index contributed by atoms with van der Waals surface area (Å²) in [7, 11) is 1.66. The van der Waals surface area contributed by atoms with Crippen LogP contribution in [-0.2, 0) is 0 Å². The van der Waals surface area contributed by atoms with Crippen molar-refractivity contribution in [3.8, 4) is 0 Å². The van der Waals surface area contributed by atoms with Crippen LogP contribution in [0.25, 0.3) is 5.70 Å². The predicted octanol–water partition coefficient (Wildman–Crippen LogP) is -1.15. The maximum Gasteiger partial charge on any atom is 0.145 e. The summed E-state index contributed by atoms with van der Waals surface area (Å²) in [5.74, 6) is 0.562. The van der Waals surface area contributed by atoms with Gasteiger partial charge < -0.3 is 12.4 Å². The van der Waals surface area contributed by atoms with E-state index in [1.165, 1.54) is 5.06 Å². The van der Waals surface area contributed by atoms with E-state index in [1.54, 1.807) is 13.1 Å². The molecule has 6 heteroatoms. The highest BCUT2D eigenvalue weighted by atomic mass is 35.5. The first kappa shape index (κ1) is 16.5. The number of benzene rings is 2. The van der Waals surface area contributed by atoms with Crippen LogP contribution in [0.5, 0.6) is 0 Å². The Bertz CT molecular complexity index is 819. The first-order valence-corrected chi connectivity index (χ1v) is 6.93. The fourth-order valence-electron chi connectivity index (χ4n) is 2.34. The van der Waals surface area contributed by atoms with Crippen molar-refractivity contribution in [2.45, 2.75) is 0 Å². The number of hydroxylamine groups is 2. The average Bonchev–Trinajstić information content (AvgIpc) is 2.63. The summed E-state index contributed by atoms with van der Waals surface area (Å²) >= 11 is 6.12. The maximum atomic E-state index is 10.5. The topological polar surface area (TPSA) is 48.2 Å². The molecule has 1 aliphatic heterocycles. The van der Waals surface area contributed by atoms with Gasteiger partial charge in [0.2, 0.25) is 0 Å². The van der Waals surface area contributed by atoms with E-state index in [2.05, 4.69) is 9.98 Å². The van der Waals surface area contributed by atoms with E-state index in [-0.39, 0.29) is 19.0 Å². The monoisotopic (exact) mass is 334 g/mol. The highest BCUT2D eigenvalue weighted by molar-refractivity contribution is 6.30. The lowest BCUT2D eigenvalue weighted by Crippen LogP contribution is -3.00. The van der Waals surface area contributed by atoms with Gasteiger partial charge in [0, 0.05) is 22.9 Å². The lowest BCUT2D eigenvalue weighted by atomic mass is 10.1. The van der Waals surface area contributed by atoms with Gasteiger partial charge in [-0.1, -0.05) is 41.9 Å². The zero-order chi connectivity index (χ0) is 14.8. The molecule has 0 spiro atoms. The highest BCUT2D eigenvalue weighted by Gasteiger charge is 2.17. The van der Waals surface area contributed by atoms with E-state index in [0.29, 0.717) is 16.6 Å². The van der Waals surface area contributed by atoms with Crippen molar-refractivity contribution in [2.75, 3.05) is 13.6 Å². The van der Waals surface area contributed by atoms with Crippen LogP contribution in [0.3, 0.4) is 0 Å². The number of halogens is 2. The molecule has 0 fully saturated rings. The van der Waals surface area contributed by atoms with Crippen molar-refractivity contribution >= 4 is 23.1 Å². The molecule has 0 unspecified atom stereocenters. The maximum absolute atomic E-state index is 10.5. The minimum atomic E-state index is 0. The number of hydrogen-bond acceptors (Lipinski definition) is 3. The zero-order valence-corrected chi connectivity index (χ0v) is 13.4. The molecule has 22 heavy (non-hydrogen) atoms. The molecule has 0 saturated carbocycles. The molecule has 2 aromatic rings. The largest absolute Gasteiger partial charge is 1.00 e. The molecular formula is C16H14Cl2N3O-. The first-order valence-electron chi connectivity index (χ1n) is 6.55. The van der Waals surface area contributed by atoms with Gasteiger partial charge in [-0.3, -0.25) is 10.2 Å². The third kappa shape index (κ3) is 3.14. The number of fused-ring (bicyclic) bond motifs is 1. The van der Waals surface area contributed by atoms with Crippen LogP contribution in [0.2, 0.25) is 5.02 Å². The lowest BCUT2D eigenvalue weighted by molar-refractivity contribution is -0.0120. The molecule has 1 heterocycles. The van der Waals surface area contributed by atoms with Crippen molar-refractivity contribution in [1.82, 2.24) is 5.06 Å². The van der Waals surface area contributed by atoms with E-state index in [0.717, 1.165) is 16.1 Å². The van der Waals surface area contributed by atoms with Gasteiger partial charge in [0.25, 0.3) is 0 Å². The summed E-state index contributed by atoms with van der Waals surface area (Å²) in [6, 6.07) is 15.1. The Morgan fingerprint density at radius 3 is 2.59 bits per heavy atom. The molecular weight excluding hydrogens is 321 g/mol. The molecule has 0 atom stereocenters. The van der Waals surface area contributed by atoms with Gasteiger partial charge in [-0.2, -0.15) is 0 Å². The Hall–Kier alpha value is -1.88. The van der Waals surface area contributed by atoms with Crippen molar-refractivity contribution in [3.63, 3.8) is 0 Å². The molecule has 1 N–H and O–H groups in total. The van der Waals surface area contributed by atoms with E-state index >= 15 is 0 Å². The van der Waals surface area contributed by atoms with Gasteiger partial charge in [-0.05, 0) is 18.2 Å². The van der Waals surface area contributed by atoms with E-state index < -0.39 is 0 Å². The van der Waals surface area contributed by atoms with Crippen molar-refractivity contribution in [3.05, 3.63) is 69.7 Å². The summed E-state index contributed by atoms with van der Waals surface area (Å²) in [6.07, 6.45) is 0. The Morgan fingerprint density at radius 1 is 1.18 bits per heavy atom. The van der Waals surface area contributed by atoms with E-state index in [4.69, 9.17) is 11.6 Å². The van der Waals surface area contributed by atoms with Gasteiger partial charge >= 0.3 is 0 Å². The second-order valence-electron chi connectivity index (χ2n) is 4.69. The van der Waals surface area contributed by atoms with Crippen LogP contribution < -0.4 is 23.0 Å². The summed E-state index contributed by atoms with van der Waals surface area (Å²) < 4.78 is 0. The predicted molar refractivity (Wildman–Crippen MR) is 83.0 cm³/mol. The molecule has 0 amide bonds. The highest BCUT2D eigenvalue weighted by Crippen LogP contribution is 2.15. The number of amidine groups is 1.